The summed E-state index contributed by atoms with van der Waals surface area (Å²) in [5, 5.41) is 4.84. The van der Waals surface area contributed by atoms with E-state index in [0.717, 1.165) is 11.4 Å². The van der Waals surface area contributed by atoms with E-state index in [0.29, 0.717) is 6.61 Å². The van der Waals surface area contributed by atoms with Crippen LogP contribution in [0, 0.1) is 6.92 Å². The second-order valence-electron chi connectivity index (χ2n) is 5.30. The molecule has 1 aliphatic heterocycles. The highest BCUT2D eigenvalue weighted by Crippen LogP contribution is 2.36. The van der Waals surface area contributed by atoms with Crippen LogP contribution in [0.1, 0.15) is 17.2 Å². The third kappa shape index (κ3) is 1.74. The Labute approximate surface area is 117 Å². The molecule has 2 aromatic carbocycles. The Balaban J connectivity index is 1.74. The van der Waals surface area contributed by atoms with E-state index < -0.39 is 0 Å². The molecule has 2 heterocycles. The Morgan fingerprint density at radius 2 is 2.05 bits per heavy atom. The second-order valence-corrected chi connectivity index (χ2v) is 5.30. The van der Waals surface area contributed by atoms with Gasteiger partial charge in [-0.05, 0) is 30.7 Å². The lowest BCUT2D eigenvalue weighted by Crippen LogP contribution is -2.23. The molecular formula is C17H16N2O. The van der Waals surface area contributed by atoms with Crippen molar-refractivity contribution in [1.82, 2.24) is 4.98 Å². The Morgan fingerprint density at radius 1 is 1.15 bits per heavy atom. The van der Waals surface area contributed by atoms with Crippen LogP contribution in [0.25, 0.3) is 10.9 Å². The Morgan fingerprint density at radius 3 is 3.00 bits per heavy atom. The number of aromatic nitrogens is 1. The summed E-state index contributed by atoms with van der Waals surface area (Å²) in [5.41, 5.74) is 4.73. The Kier molecular flexibility index (Phi) is 2.46. The van der Waals surface area contributed by atoms with Gasteiger partial charge in [-0.3, -0.25) is 0 Å². The van der Waals surface area contributed by atoms with Crippen LogP contribution in [0.5, 0.6) is 5.75 Å². The van der Waals surface area contributed by atoms with E-state index in [2.05, 4.69) is 53.8 Å². The molecule has 4 rings (SSSR count). The molecule has 0 fully saturated rings. The molecule has 1 atom stereocenters. The average Bonchev–Trinajstić information content (AvgIpc) is 2.90. The molecule has 100 valence electrons. The highest BCUT2D eigenvalue weighted by Gasteiger charge is 2.22. The minimum atomic E-state index is 0.181. The molecule has 1 unspecified atom stereocenters. The van der Waals surface area contributed by atoms with Gasteiger partial charge in [-0.15, -0.1) is 0 Å². The zero-order chi connectivity index (χ0) is 13.5. The van der Waals surface area contributed by atoms with E-state index in [4.69, 9.17) is 4.74 Å². The molecule has 20 heavy (non-hydrogen) atoms. The van der Waals surface area contributed by atoms with Crippen LogP contribution in [0.3, 0.4) is 0 Å². The van der Waals surface area contributed by atoms with E-state index in [1.807, 2.05) is 12.1 Å². The maximum atomic E-state index is 5.89. The Bertz CT molecular complexity index is 776. The number of nitrogens with one attached hydrogen (secondary N) is 2. The van der Waals surface area contributed by atoms with Crippen molar-refractivity contribution in [3.05, 3.63) is 59.8 Å². The molecule has 2 N–H and O–H groups in total. The maximum Gasteiger partial charge on any atom is 0.142 e. The molecule has 3 aromatic rings. The van der Waals surface area contributed by atoms with Gasteiger partial charge in [0, 0.05) is 22.7 Å². The van der Waals surface area contributed by atoms with Crippen molar-refractivity contribution in [1.29, 1.82) is 0 Å². The molecule has 0 spiro atoms. The highest BCUT2D eigenvalue weighted by atomic mass is 16.5. The van der Waals surface area contributed by atoms with Crippen LogP contribution in [-0.2, 0) is 0 Å². The number of anilines is 1. The largest absolute Gasteiger partial charge is 0.489 e. The molecule has 3 nitrogen and oxygen atoms in total. The molecule has 1 aromatic heterocycles. The first kappa shape index (κ1) is 11.4. The summed E-state index contributed by atoms with van der Waals surface area (Å²) >= 11 is 0. The van der Waals surface area contributed by atoms with Gasteiger partial charge < -0.3 is 15.0 Å². The van der Waals surface area contributed by atoms with Gasteiger partial charge in [0.15, 0.2) is 0 Å². The zero-order valence-electron chi connectivity index (χ0n) is 11.3. The lowest BCUT2D eigenvalue weighted by atomic mass is 10.0. The van der Waals surface area contributed by atoms with Crippen molar-refractivity contribution in [3.63, 3.8) is 0 Å². The van der Waals surface area contributed by atoms with Gasteiger partial charge in [0.25, 0.3) is 0 Å². The fourth-order valence-electron chi connectivity index (χ4n) is 2.83. The van der Waals surface area contributed by atoms with Gasteiger partial charge in [-0.25, -0.2) is 0 Å². The van der Waals surface area contributed by atoms with Crippen molar-refractivity contribution in [2.45, 2.75) is 13.0 Å². The maximum absolute atomic E-state index is 5.89. The number of aromatic amines is 1. The predicted molar refractivity (Wildman–Crippen MR) is 81.3 cm³/mol. The number of ether oxygens (including phenoxy) is 1. The van der Waals surface area contributed by atoms with Gasteiger partial charge >= 0.3 is 0 Å². The fourth-order valence-corrected chi connectivity index (χ4v) is 2.83. The van der Waals surface area contributed by atoms with Crippen LogP contribution < -0.4 is 10.1 Å². The molecule has 0 radical (unpaired) electrons. The van der Waals surface area contributed by atoms with E-state index in [-0.39, 0.29) is 6.04 Å². The Hall–Kier alpha value is -2.42. The van der Waals surface area contributed by atoms with Crippen LogP contribution in [0.2, 0.25) is 0 Å². The van der Waals surface area contributed by atoms with Crippen molar-refractivity contribution >= 4 is 16.6 Å². The number of fused-ring (bicyclic) bond motifs is 2. The number of benzene rings is 2. The summed E-state index contributed by atoms with van der Waals surface area (Å²) in [6, 6.07) is 14.8. The van der Waals surface area contributed by atoms with Crippen molar-refractivity contribution in [2.24, 2.45) is 0 Å². The van der Waals surface area contributed by atoms with E-state index in [9.17, 15) is 0 Å². The summed E-state index contributed by atoms with van der Waals surface area (Å²) in [5.74, 6) is 0.937. The minimum Gasteiger partial charge on any atom is -0.489 e. The lowest BCUT2D eigenvalue weighted by Gasteiger charge is -2.27. The summed E-state index contributed by atoms with van der Waals surface area (Å²) in [6.45, 7) is 2.75. The van der Waals surface area contributed by atoms with Crippen LogP contribution in [0.15, 0.2) is 48.7 Å². The van der Waals surface area contributed by atoms with Gasteiger partial charge in [0.05, 0.1) is 11.7 Å². The van der Waals surface area contributed by atoms with Crippen molar-refractivity contribution < 1.29 is 4.74 Å². The third-order valence-corrected chi connectivity index (χ3v) is 3.87. The summed E-state index contributed by atoms with van der Waals surface area (Å²) in [6.07, 6.45) is 2.08. The first-order valence-corrected chi connectivity index (χ1v) is 6.87. The fraction of sp³-hybridized carbons (Fsp3) is 0.176. The van der Waals surface area contributed by atoms with Crippen LogP contribution >= 0.6 is 0 Å². The number of hydrogen-bond donors (Lipinski definition) is 2. The van der Waals surface area contributed by atoms with E-state index >= 15 is 0 Å². The van der Waals surface area contributed by atoms with Gasteiger partial charge in [0.2, 0.25) is 0 Å². The molecule has 0 bridgehead atoms. The molecule has 1 aliphatic rings. The normalized spacial score (nSPS) is 17.4. The second kappa shape index (κ2) is 4.30. The number of H-pyrrole nitrogens is 1. The van der Waals surface area contributed by atoms with Crippen LogP contribution in [0.4, 0.5) is 5.69 Å². The number of aryl methyl sites for hydroxylation is 1. The minimum absolute atomic E-state index is 0.181. The first-order chi connectivity index (χ1) is 9.81. The first-order valence-electron chi connectivity index (χ1n) is 6.87. The van der Waals surface area contributed by atoms with Gasteiger partial charge in [0.1, 0.15) is 12.4 Å². The summed E-state index contributed by atoms with van der Waals surface area (Å²) < 4.78 is 5.89. The summed E-state index contributed by atoms with van der Waals surface area (Å²) in [7, 11) is 0. The lowest BCUT2D eigenvalue weighted by molar-refractivity contribution is 0.287. The monoisotopic (exact) mass is 264 g/mol. The number of rotatable bonds is 1. The third-order valence-electron chi connectivity index (χ3n) is 3.87. The SMILES string of the molecule is Cc1ccc2c(c1)NC(c1c[nH]c3ccccc13)CO2. The molecule has 0 amide bonds. The average molecular weight is 264 g/mol. The predicted octanol–water partition coefficient (Wildman–Crippen LogP) is 4.02. The highest BCUT2D eigenvalue weighted by molar-refractivity contribution is 5.84. The van der Waals surface area contributed by atoms with Gasteiger partial charge in [-0.2, -0.15) is 0 Å². The van der Waals surface area contributed by atoms with E-state index in [1.54, 1.807) is 0 Å². The quantitative estimate of drug-likeness (QED) is 0.696. The topological polar surface area (TPSA) is 37.0 Å². The zero-order valence-corrected chi connectivity index (χ0v) is 11.3. The number of hydrogen-bond acceptors (Lipinski definition) is 2. The molecule has 3 heteroatoms. The van der Waals surface area contributed by atoms with Crippen molar-refractivity contribution in [3.8, 4) is 5.75 Å². The van der Waals surface area contributed by atoms with E-state index in [1.165, 1.54) is 22.0 Å². The van der Waals surface area contributed by atoms with Crippen molar-refractivity contribution in [2.75, 3.05) is 11.9 Å². The standard InChI is InChI=1S/C17H16N2O/c1-11-6-7-17-15(8-11)19-16(10-20-17)13-9-18-14-5-3-2-4-12(13)14/h2-9,16,18-19H,10H2,1H3. The molecule has 0 saturated carbocycles. The van der Waals surface area contributed by atoms with Gasteiger partial charge in [-0.1, -0.05) is 24.3 Å². The summed E-state index contributed by atoms with van der Waals surface area (Å²) in [4.78, 5) is 3.33. The molecule has 0 aliphatic carbocycles. The molecule has 0 saturated heterocycles. The smallest absolute Gasteiger partial charge is 0.142 e. The van der Waals surface area contributed by atoms with Crippen LogP contribution in [-0.4, -0.2) is 11.6 Å². The number of para-hydroxylation sites is 1. The molecular weight excluding hydrogens is 248 g/mol.